The number of halogens is 2. The number of hydrogen-bond acceptors (Lipinski definition) is 3. The van der Waals surface area contributed by atoms with Gasteiger partial charge in [-0.3, -0.25) is 9.10 Å². The first-order valence-corrected chi connectivity index (χ1v) is 11.7. The zero-order chi connectivity index (χ0) is 21.9. The fourth-order valence-corrected chi connectivity index (χ4v) is 4.92. The fourth-order valence-electron chi connectivity index (χ4n) is 2.89. The summed E-state index contributed by atoms with van der Waals surface area (Å²) in [7, 11) is -4.01. The molecule has 0 aromatic heterocycles. The highest BCUT2D eigenvalue weighted by molar-refractivity contribution is 9.10. The first-order valence-electron chi connectivity index (χ1n) is 9.09. The van der Waals surface area contributed by atoms with Gasteiger partial charge in [-0.05, 0) is 71.7 Å². The van der Waals surface area contributed by atoms with Gasteiger partial charge in [0.1, 0.15) is 6.54 Å². The Bertz CT molecular complexity index is 1180. The maximum atomic E-state index is 13.5. The minimum absolute atomic E-state index is 0.0983. The number of nitrogens with zero attached hydrogens (tertiary/aromatic N) is 1. The van der Waals surface area contributed by atoms with Gasteiger partial charge in [-0.15, -0.1) is 0 Å². The Morgan fingerprint density at radius 3 is 2.33 bits per heavy atom. The molecule has 0 aliphatic carbocycles. The van der Waals surface area contributed by atoms with Crippen molar-refractivity contribution in [2.75, 3.05) is 16.2 Å². The van der Waals surface area contributed by atoms with E-state index >= 15 is 0 Å². The molecule has 0 aliphatic rings. The van der Waals surface area contributed by atoms with Crippen molar-refractivity contribution < 1.29 is 13.2 Å². The van der Waals surface area contributed by atoms with Gasteiger partial charge < -0.3 is 5.32 Å². The number of para-hydroxylation sites is 1. The summed E-state index contributed by atoms with van der Waals surface area (Å²) in [5.41, 5.74) is 2.41. The van der Waals surface area contributed by atoms with Gasteiger partial charge in [0.05, 0.1) is 16.3 Å². The van der Waals surface area contributed by atoms with Crippen LogP contribution in [0, 0.1) is 13.8 Å². The van der Waals surface area contributed by atoms with Crippen LogP contribution < -0.4 is 9.62 Å². The predicted molar refractivity (Wildman–Crippen MR) is 125 cm³/mol. The molecule has 0 aliphatic heterocycles. The van der Waals surface area contributed by atoms with Crippen molar-refractivity contribution in [1.29, 1.82) is 0 Å². The summed E-state index contributed by atoms with van der Waals surface area (Å²) < 4.78 is 28.7. The van der Waals surface area contributed by atoms with Crippen molar-refractivity contribution in [3.05, 3.63) is 87.4 Å². The van der Waals surface area contributed by atoms with Gasteiger partial charge >= 0.3 is 0 Å². The number of nitrogens with one attached hydrogen (secondary N) is 1. The number of aryl methyl sites for hydroxylation is 1. The molecule has 5 nitrogen and oxygen atoms in total. The number of anilines is 2. The highest BCUT2D eigenvalue weighted by atomic mass is 79.9. The standard InChI is InChI=1S/C22H20BrClN2O3S/c1-15-10-12-17(13-11-15)30(28,29)26(21-9-5-7-19(24)16(21)2)14-22(27)25-20-8-4-3-6-18(20)23/h3-13H,14H2,1-2H3,(H,25,27). The van der Waals surface area contributed by atoms with Gasteiger partial charge in [0.15, 0.2) is 0 Å². The van der Waals surface area contributed by atoms with Crippen LogP contribution in [-0.4, -0.2) is 20.9 Å². The highest BCUT2D eigenvalue weighted by Gasteiger charge is 2.29. The number of carbonyl (C=O) groups excluding carboxylic acids is 1. The molecule has 8 heteroatoms. The predicted octanol–water partition coefficient (Wildman–Crippen LogP) is 5.55. The van der Waals surface area contributed by atoms with Crippen molar-refractivity contribution in [2.24, 2.45) is 0 Å². The Hall–Kier alpha value is -2.35. The molecule has 0 unspecified atom stereocenters. The molecular weight excluding hydrogens is 488 g/mol. The third-order valence-electron chi connectivity index (χ3n) is 4.55. The summed E-state index contributed by atoms with van der Waals surface area (Å²) in [5, 5.41) is 3.17. The van der Waals surface area contributed by atoms with Gasteiger partial charge in [0, 0.05) is 9.50 Å². The second-order valence-electron chi connectivity index (χ2n) is 6.74. The molecule has 3 aromatic rings. The summed E-state index contributed by atoms with van der Waals surface area (Å²) in [6, 6.07) is 18.6. The number of amides is 1. The third kappa shape index (κ3) is 4.86. The second kappa shape index (κ2) is 9.20. The maximum Gasteiger partial charge on any atom is 0.264 e. The minimum atomic E-state index is -4.01. The van der Waals surface area contributed by atoms with Crippen molar-refractivity contribution >= 4 is 54.8 Å². The van der Waals surface area contributed by atoms with Crippen LogP contribution in [0.2, 0.25) is 5.02 Å². The average molecular weight is 508 g/mol. The third-order valence-corrected chi connectivity index (χ3v) is 7.43. The molecule has 0 heterocycles. The van der Waals surface area contributed by atoms with Crippen LogP contribution in [0.25, 0.3) is 0 Å². The summed E-state index contributed by atoms with van der Waals surface area (Å²) >= 11 is 9.61. The molecule has 0 bridgehead atoms. The van der Waals surface area contributed by atoms with E-state index in [0.29, 0.717) is 26.4 Å². The van der Waals surface area contributed by atoms with Crippen LogP contribution in [0.15, 0.2) is 76.1 Å². The van der Waals surface area contributed by atoms with E-state index in [1.54, 1.807) is 55.5 Å². The van der Waals surface area contributed by atoms with Crippen molar-refractivity contribution in [1.82, 2.24) is 0 Å². The summed E-state index contributed by atoms with van der Waals surface area (Å²) in [6.45, 7) is 3.19. The smallest absolute Gasteiger partial charge is 0.264 e. The molecule has 0 spiro atoms. The van der Waals surface area contributed by atoms with Crippen LogP contribution >= 0.6 is 27.5 Å². The van der Waals surface area contributed by atoms with E-state index in [1.165, 1.54) is 12.1 Å². The first kappa shape index (κ1) is 22.3. The first-order chi connectivity index (χ1) is 14.2. The molecule has 0 atom stereocenters. The lowest BCUT2D eigenvalue weighted by molar-refractivity contribution is -0.114. The van der Waals surface area contributed by atoms with E-state index in [-0.39, 0.29) is 4.90 Å². The van der Waals surface area contributed by atoms with E-state index in [2.05, 4.69) is 21.2 Å². The molecule has 0 radical (unpaired) electrons. The Balaban J connectivity index is 2.02. The van der Waals surface area contributed by atoms with Crippen LogP contribution in [0.5, 0.6) is 0 Å². The van der Waals surface area contributed by atoms with Crippen LogP contribution in [0.4, 0.5) is 11.4 Å². The molecule has 3 rings (SSSR count). The maximum absolute atomic E-state index is 13.5. The second-order valence-corrected chi connectivity index (χ2v) is 9.86. The summed E-state index contributed by atoms with van der Waals surface area (Å²) in [5.74, 6) is -0.475. The van der Waals surface area contributed by atoms with E-state index in [0.717, 1.165) is 9.87 Å². The minimum Gasteiger partial charge on any atom is -0.323 e. The quantitative estimate of drug-likeness (QED) is 0.475. The molecular formula is C22H20BrClN2O3S. The Morgan fingerprint density at radius 2 is 1.67 bits per heavy atom. The van der Waals surface area contributed by atoms with Gasteiger partial charge in [-0.25, -0.2) is 8.42 Å². The lowest BCUT2D eigenvalue weighted by Crippen LogP contribution is -2.38. The van der Waals surface area contributed by atoms with E-state index in [9.17, 15) is 13.2 Å². The van der Waals surface area contributed by atoms with Gasteiger partial charge in [0.25, 0.3) is 10.0 Å². The van der Waals surface area contributed by atoms with Gasteiger partial charge in [-0.2, -0.15) is 0 Å². The number of rotatable bonds is 6. The Kier molecular flexibility index (Phi) is 6.85. The monoisotopic (exact) mass is 506 g/mol. The summed E-state index contributed by atoms with van der Waals surface area (Å²) in [4.78, 5) is 12.9. The lowest BCUT2D eigenvalue weighted by atomic mass is 10.2. The molecule has 30 heavy (non-hydrogen) atoms. The summed E-state index contributed by atoms with van der Waals surface area (Å²) in [6.07, 6.45) is 0. The SMILES string of the molecule is Cc1ccc(S(=O)(=O)N(CC(=O)Nc2ccccc2Br)c2cccc(Cl)c2C)cc1. The van der Waals surface area contributed by atoms with Gasteiger partial charge in [-0.1, -0.05) is 47.5 Å². The molecule has 0 fully saturated rings. The molecule has 1 N–H and O–H groups in total. The Morgan fingerprint density at radius 1 is 1.00 bits per heavy atom. The number of hydrogen-bond donors (Lipinski definition) is 1. The molecule has 0 saturated heterocycles. The Labute approximate surface area is 189 Å². The zero-order valence-electron chi connectivity index (χ0n) is 16.4. The van der Waals surface area contributed by atoms with Crippen molar-refractivity contribution in [3.63, 3.8) is 0 Å². The number of sulfonamides is 1. The van der Waals surface area contributed by atoms with Crippen molar-refractivity contribution in [2.45, 2.75) is 18.7 Å². The number of carbonyl (C=O) groups is 1. The normalized spacial score (nSPS) is 11.2. The van der Waals surface area contributed by atoms with Crippen molar-refractivity contribution in [3.8, 4) is 0 Å². The van der Waals surface area contributed by atoms with Crippen LogP contribution in [0.1, 0.15) is 11.1 Å². The molecule has 3 aromatic carbocycles. The fraction of sp³-hybridized carbons (Fsp3) is 0.136. The lowest BCUT2D eigenvalue weighted by Gasteiger charge is -2.26. The largest absolute Gasteiger partial charge is 0.323 e. The van der Waals surface area contributed by atoms with E-state index in [4.69, 9.17) is 11.6 Å². The molecule has 1 amide bonds. The van der Waals surface area contributed by atoms with Crippen LogP contribution in [0.3, 0.4) is 0 Å². The number of benzene rings is 3. The molecule has 0 saturated carbocycles. The topological polar surface area (TPSA) is 66.5 Å². The van der Waals surface area contributed by atoms with Crippen LogP contribution in [-0.2, 0) is 14.8 Å². The molecule has 156 valence electrons. The highest BCUT2D eigenvalue weighted by Crippen LogP contribution is 2.31. The zero-order valence-corrected chi connectivity index (χ0v) is 19.6. The average Bonchev–Trinajstić information content (AvgIpc) is 2.70. The van der Waals surface area contributed by atoms with E-state index < -0.39 is 22.5 Å². The van der Waals surface area contributed by atoms with Gasteiger partial charge in [0.2, 0.25) is 5.91 Å². The van der Waals surface area contributed by atoms with E-state index in [1.807, 2.05) is 13.0 Å².